The maximum atomic E-state index is 4.67. The third kappa shape index (κ3) is 6.95. The van der Waals surface area contributed by atoms with Crippen molar-refractivity contribution in [3.63, 3.8) is 0 Å². The maximum absolute atomic E-state index is 4.67. The van der Waals surface area contributed by atoms with Crippen LogP contribution in [0.3, 0.4) is 0 Å². The van der Waals surface area contributed by atoms with Gasteiger partial charge in [-0.1, -0.05) is 6.58 Å². The number of ether oxygens (including phenoxy) is 1. The van der Waals surface area contributed by atoms with Crippen molar-refractivity contribution in [1.82, 2.24) is 0 Å². The molecular formula is C7H11NO. The van der Waals surface area contributed by atoms with Crippen LogP contribution in [-0.4, -0.2) is 12.8 Å². The van der Waals surface area contributed by atoms with Crippen molar-refractivity contribution >= 4 is 6.21 Å². The summed E-state index contributed by atoms with van der Waals surface area (Å²) in [5.74, 6) is 0. The molecule has 0 fully saturated rings. The van der Waals surface area contributed by atoms with E-state index >= 15 is 0 Å². The first-order valence-corrected chi connectivity index (χ1v) is 2.83. The minimum absolute atomic E-state index is 0.804. The van der Waals surface area contributed by atoms with E-state index in [4.69, 9.17) is 0 Å². The van der Waals surface area contributed by atoms with Gasteiger partial charge < -0.3 is 4.74 Å². The van der Waals surface area contributed by atoms with Crippen molar-refractivity contribution in [2.24, 2.45) is 4.99 Å². The SMILES string of the molecule is C=CO/C=C/C=NCC. The summed E-state index contributed by atoms with van der Waals surface area (Å²) in [7, 11) is 0. The molecule has 0 unspecified atom stereocenters. The molecule has 50 valence electrons. The lowest BCUT2D eigenvalue weighted by molar-refractivity contribution is 0.405. The molecule has 0 rings (SSSR count). The van der Waals surface area contributed by atoms with Crippen LogP contribution >= 0.6 is 0 Å². The third-order valence-electron chi connectivity index (χ3n) is 0.627. The van der Waals surface area contributed by atoms with Gasteiger partial charge in [-0.15, -0.1) is 0 Å². The summed E-state index contributed by atoms with van der Waals surface area (Å²) in [4.78, 5) is 3.92. The second-order valence-electron chi connectivity index (χ2n) is 1.28. The molecule has 0 aliphatic heterocycles. The van der Waals surface area contributed by atoms with Crippen LogP contribution in [0.5, 0.6) is 0 Å². The van der Waals surface area contributed by atoms with Crippen molar-refractivity contribution in [1.29, 1.82) is 0 Å². The Balaban J connectivity index is 3.23. The molecule has 0 atom stereocenters. The van der Waals surface area contributed by atoms with Crippen molar-refractivity contribution < 1.29 is 4.74 Å². The molecule has 0 heterocycles. The van der Waals surface area contributed by atoms with Gasteiger partial charge in [-0.25, -0.2) is 0 Å². The van der Waals surface area contributed by atoms with Crippen LogP contribution in [0, 0.1) is 0 Å². The average molecular weight is 125 g/mol. The summed E-state index contributed by atoms with van der Waals surface area (Å²) in [6.07, 6.45) is 6.27. The first kappa shape index (κ1) is 7.95. The van der Waals surface area contributed by atoms with Crippen molar-refractivity contribution in [3.05, 3.63) is 25.2 Å². The summed E-state index contributed by atoms with van der Waals surface area (Å²) in [6, 6.07) is 0. The Kier molecular flexibility index (Phi) is 6.14. The lowest BCUT2D eigenvalue weighted by Crippen LogP contribution is -1.69. The van der Waals surface area contributed by atoms with E-state index in [1.807, 2.05) is 6.92 Å². The quantitative estimate of drug-likeness (QED) is 0.414. The molecule has 2 heteroatoms. The minimum atomic E-state index is 0.804. The monoisotopic (exact) mass is 125 g/mol. The number of allylic oxidation sites excluding steroid dienone is 1. The Morgan fingerprint density at radius 1 is 1.67 bits per heavy atom. The zero-order valence-electron chi connectivity index (χ0n) is 5.58. The third-order valence-corrected chi connectivity index (χ3v) is 0.627. The lowest BCUT2D eigenvalue weighted by atomic mass is 10.6. The van der Waals surface area contributed by atoms with E-state index in [-0.39, 0.29) is 0 Å². The average Bonchev–Trinajstić information content (AvgIpc) is 1.89. The van der Waals surface area contributed by atoms with Gasteiger partial charge in [0.05, 0.1) is 12.5 Å². The van der Waals surface area contributed by atoms with E-state index in [0.717, 1.165) is 6.54 Å². The van der Waals surface area contributed by atoms with E-state index in [2.05, 4.69) is 16.3 Å². The predicted molar refractivity (Wildman–Crippen MR) is 39.5 cm³/mol. The van der Waals surface area contributed by atoms with Crippen LogP contribution in [0.25, 0.3) is 0 Å². The summed E-state index contributed by atoms with van der Waals surface area (Å²) in [5, 5.41) is 0. The first-order valence-electron chi connectivity index (χ1n) is 2.83. The Morgan fingerprint density at radius 3 is 3.00 bits per heavy atom. The summed E-state index contributed by atoms with van der Waals surface area (Å²) in [6.45, 7) is 6.14. The van der Waals surface area contributed by atoms with Crippen LogP contribution in [-0.2, 0) is 4.74 Å². The van der Waals surface area contributed by atoms with E-state index in [9.17, 15) is 0 Å². The summed E-state index contributed by atoms with van der Waals surface area (Å²) in [5.41, 5.74) is 0. The molecule has 9 heavy (non-hydrogen) atoms. The first-order chi connectivity index (χ1) is 4.41. The van der Waals surface area contributed by atoms with Gasteiger partial charge >= 0.3 is 0 Å². The highest BCUT2D eigenvalue weighted by atomic mass is 16.5. The molecule has 0 aliphatic carbocycles. The number of hydrogen-bond acceptors (Lipinski definition) is 2. The van der Waals surface area contributed by atoms with Gasteiger partial charge in [-0.05, 0) is 13.0 Å². The Labute approximate surface area is 55.6 Å². The molecule has 0 aliphatic rings. The molecule has 0 bridgehead atoms. The Bertz CT molecular complexity index is 116. The molecular weight excluding hydrogens is 114 g/mol. The van der Waals surface area contributed by atoms with Gasteiger partial charge in [0.1, 0.15) is 0 Å². The van der Waals surface area contributed by atoms with Crippen LogP contribution < -0.4 is 0 Å². The molecule has 0 aromatic carbocycles. The van der Waals surface area contributed by atoms with Gasteiger partial charge in [-0.3, -0.25) is 4.99 Å². The van der Waals surface area contributed by atoms with Gasteiger partial charge in [0.25, 0.3) is 0 Å². The zero-order valence-corrected chi connectivity index (χ0v) is 5.58. The molecule has 0 aromatic rings. The number of aliphatic imine (C=N–C) groups is 1. The smallest absolute Gasteiger partial charge is 0.0916 e. The summed E-state index contributed by atoms with van der Waals surface area (Å²) >= 11 is 0. The number of hydrogen-bond donors (Lipinski definition) is 0. The standard InChI is InChI=1S/C7H11NO/c1-3-8-6-5-7-9-4-2/h4-7H,2-3H2,1H3/b7-5+,8-6?. The van der Waals surface area contributed by atoms with Crippen LogP contribution in [0.15, 0.2) is 30.2 Å². The van der Waals surface area contributed by atoms with Gasteiger partial charge in [-0.2, -0.15) is 0 Å². The van der Waals surface area contributed by atoms with Gasteiger partial charge in [0, 0.05) is 12.8 Å². The van der Waals surface area contributed by atoms with Crippen LogP contribution in [0.4, 0.5) is 0 Å². The number of nitrogens with zero attached hydrogens (tertiary/aromatic N) is 1. The minimum Gasteiger partial charge on any atom is -0.473 e. The lowest BCUT2D eigenvalue weighted by Gasteiger charge is -1.82. The Hall–Kier alpha value is -1.05. The molecule has 0 saturated carbocycles. The second-order valence-corrected chi connectivity index (χ2v) is 1.28. The molecule has 0 spiro atoms. The van der Waals surface area contributed by atoms with Crippen LogP contribution in [0.2, 0.25) is 0 Å². The van der Waals surface area contributed by atoms with Gasteiger partial charge in [0.15, 0.2) is 0 Å². The highest BCUT2D eigenvalue weighted by molar-refractivity contribution is 5.70. The molecule has 0 saturated heterocycles. The highest BCUT2D eigenvalue weighted by Crippen LogP contribution is 1.74. The van der Waals surface area contributed by atoms with E-state index in [0.29, 0.717) is 0 Å². The predicted octanol–water partition coefficient (Wildman–Crippen LogP) is 1.75. The number of rotatable bonds is 4. The fraction of sp³-hybridized carbons (Fsp3) is 0.286. The van der Waals surface area contributed by atoms with Crippen molar-refractivity contribution in [2.75, 3.05) is 6.54 Å². The molecule has 0 aromatic heterocycles. The second kappa shape index (κ2) is 6.95. The normalized spacial score (nSPS) is 10.8. The summed E-state index contributed by atoms with van der Waals surface area (Å²) < 4.78 is 4.67. The zero-order chi connectivity index (χ0) is 6.95. The fourth-order valence-electron chi connectivity index (χ4n) is 0.302. The fourth-order valence-corrected chi connectivity index (χ4v) is 0.302. The highest BCUT2D eigenvalue weighted by Gasteiger charge is 1.63. The topological polar surface area (TPSA) is 21.6 Å². The van der Waals surface area contributed by atoms with E-state index in [1.54, 1.807) is 12.3 Å². The van der Waals surface area contributed by atoms with E-state index in [1.165, 1.54) is 12.5 Å². The van der Waals surface area contributed by atoms with Gasteiger partial charge in [0.2, 0.25) is 0 Å². The maximum Gasteiger partial charge on any atom is 0.0916 e. The largest absolute Gasteiger partial charge is 0.473 e. The van der Waals surface area contributed by atoms with Crippen LogP contribution in [0.1, 0.15) is 6.92 Å². The van der Waals surface area contributed by atoms with Crippen molar-refractivity contribution in [3.8, 4) is 0 Å². The van der Waals surface area contributed by atoms with E-state index < -0.39 is 0 Å². The molecule has 2 nitrogen and oxygen atoms in total. The van der Waals surface area contributed by atoms with Crippen molar-refractivity contribution in [2.45, 2.75) is 6.92 Å². The Morgan fingerprint density at radius 2 is 2.44 bits per heavy atom. The molecule has 0 amide bonds. The molecule has 0 radical (unpaired) electrons. The molecule has 0 N–H and O–H groups in total.